The highest BCUT2D eigenvalue weighted by molar-refractivity contribution is 9.10. The smallest absolute Gasteiger partial charge is 0.137 e. The van der Waals surface area contributed by atoms with E-state index in [0.29, 0.717) is 0 Å². The zero-order valence-electron chi connectivity index (χ0n) is 10.8. The molecule has 98 valence electrons. The minimum absolute atomic E-state index is 0.248. The maximum Gasteiger partial charge on any atom is 0.137 e. The van der Waals surface area contributed by atoms with Gasteiger partial charge in [0.15, 0.2) is 0 Å². The summed E-state index contributed by atoms with van der Waals surface area (Å²) >= 11 is 3.46. The van der Waals surface area contributed by atoms with Crippen LogP contribution in [-0.4, -0.2) is 14.4 Å². The fraction of sp³-hybridized carbons (Fsp3) is 0.133. The third kappa shape index (κ3) is 2.08. The summed E-state index contributed by atoms with van der Waals surface area (Å²) < 4.78 is 2.92. The number of hydrogen-bond acceptors (Lipinski definition) is 3. The van der Waals surface area contributed by atoms with Crippen molar-refractivity contribution in [2.24, 2.45) is 0 Å². The summed E-state index contributed by atoms with van der Waals surface area (Å²) in [6.07, 6.45) is 5.41. The molecule has 3 aromatic heterocycles. The number of fused-ring (bicyclic) bond motifs is 1. The second kappa shape index (κ2) is 5.06. The third-order valence-corrected chi connectivity index (χ3v) is 3.65. The van der Waals surface area contributed by atoms with Gasteiger partial charge in [-0.15, -0.1) is 0 Å². The van der Waals surface area contributed by atoms with Crippen molar-refractivity contribution in [3.63, 3.8) is 0 Å². The number of nitrogens with zero attached hydrogens (tertiary/aromatic N) is 4. The molecule has 0 fully saturated rings. The molecule has 0 aromatic carbocycles. The van der Waals surface area contributed by atoms with Gasteiger partial charge < -0.3 is 4.40 Å². The van der Waals surface area contributed by atoms with Crippen molar-refractivity contribution in [1.82, 2.24) is 14.4 Å². The van der Waals surface area contributed by atoms with E-state index in [2.05, 4.69) is 32.0 Å². The molecule has 0 saturated heterocycles. The molecule has 4 nitrogen and oxygen atoms in total. The van der Waals surface area contributed by atoms with Gasteiger partial charge in [0.2, 0.25) is 0 Å². The molecule has 1 unspecified atom stereocenters. The number of imidazole rings is 1. The monoisotopic (exact) mass is 326 g/mol. The van der Waals surface area contributed by atoms with E-state index in [9.17, 15) is 5.26 Å². The maximum absolute atomic E-state index is 9.29. The highest BCUT2D eigenvalue weighted by Gasteiger charge is 2.19. The van der Waals surface area contributed by atoms with Crippen LogP contribution in [0, 0.1) is 11.3 Å². The third-order valence-electron chi connectivity index (χ3n) is 3.18. The van der Waals surface area contributed by atoms with E-state index in [1.54, 1.807) is 12.4 Å². The lowest BCUT2D eigenvalue weighted by atomic mass is 10.0. The zero-order valence-corrected chi connectivity index (χ0v) is 12.4. The molecule has 0 radical (unpaired) electrons. The number of halogens is 1. The molecule has 3 aromatic rings. The SMILES string of the molecule is CC(C#N)c1c(-c2ccncc2)nc2ccc(Br)cn12. The van der Waals surface area contributed by atoms with Crippen molar-refractivity contribution < 1.29 is 0 Å². The van der Waals surface area contributed by atoms with Gasteiger partial charge in [0.25, 0.3) is 0 Å². The first-order valence-corrected chi connectivity index (χ1v) is 6.97. The summed E-state index contributed by atoms with van der Waals surface area (Å²) in [5.74, 6) is -0.248. The normalized spacial score (nSPS) is 12.2. The lowest BCUT2D eigenvalue weighted by Crippen LogP contribution is -1.98. The molecule has 3 heterocycles. The largest absolute Gasteiger partial charge is 0.301 e. The molecule has 0 N–H and O–H groups in total. The molecular formula is C15H11BrN4. The fourth-order valence-electron chi connectivity index (χ4n) is 2.23. The predicted octanol–water partition coefficient (Wildman–Crippen LogP) is 3.79. The standard InChI is InChI=1S/C15H11BrN4/c1-10(8-17)15-14(11-4-6-18-7-5-11)19-13-3-2-12(16)9-20(13)15/h2-7,9-10H,1H3. The lowest BCUT2D eigenvalue weighted by molar-refractivity contribution is 0.898. The van der Waals surface area contributed by atoms with Gasteiger partial charge in [0, 0.05) is 28.6 Å². The molecule has 0 saturated carbocycles. The Balaban J connectivity index is 2.34. The number of rotatable bonds is 2. The van der Waals surface area contributed by atoms with Crippen molar-refractivity contribution in [3.05, 3.63) is 53.0 Å². The van der Waals surface area contributed by atoms with Gasteiger partial charge in [-0.05, 0) is 47.1 Å². The predicted molar refractivity (Wildman–Crippen MR) is 80.2 cm³/mol. The Morgan fingerprint density at radius 3 is 2.70 bits per heavy atom. The molecule has 1 atom stereocenters. The topological polar surface area (TPSA) is 54.0 Å². The maximum atomic E-state index is 9.29. The number of nitriles is 1. The molecule has 0 aliphatic heterocycles. The average molecular weight is 327 g/mol. The first-order chi connectivity index (χ1) is 9.70. The number of aromatic nitrogens is 3. The Labute approximate surface area is 124 Å². The van der Waals surface area contributed by atoms with Crippen LogP contribution >= 0.6 is 15.9 Å². The molecule has 0 aliphatic rings. The van der Waals surface area contributed by atoms with Crippen LogP contribution < -0.4 is 0 Å². The Hall–Kier alpha value is -2.19. The van der Waals surface area contributed by atoms with Gasteiger partial charge in [-0.25, -0.2) is 4.98 Å². The first-order valence-electron chi connectivity index (χ1n) is 6.18. The van der Waals surface area contributed by atoms with Crippen LogP contribution in [0.3, 0.4) is 0 Å². The van der Waals surface area contributed by atoms with Crippen molar-refractivity contribution in [3.8, 4) is 17.3 Å². The molecule has 0 amide bonds. The van der Waals surface area contributed by atoms with Gasteiger partial charge in [-0.2, -0.15) is 5.26 Å². The summed E-state index contributed by atoms with van der Waals surface area (Å²) in [5.41, 5.74) is 3.53. The van der Waals surface area contributed by atoms with E-state index in [4.69, 9.17) is 0 Å². The van der Waals surface area contributed by atoms with E-state index >= 15 is 0 Å². The Morgan fingerprint density at radius 1 is 1.25 bits per heavy atom. The summed E-state index contributed by atoms with van der Waals surface area (Å²) in [7, 11) is 0. The van der Waals surface area contributed by atoms with Crippen LogP contribution in [0.4, 0.5) is 0 Å². The number of pyridine rings is 2. The van der Waals surface area contributed by atoms with Crippen LogP contribution in [0.2, 0.25) is 0 Å². The second-order valence-corrected chi connectivity index (χ2v) is 5.42. The summed E-state index contributed by atoms with van der Waals surface area (Å²) in [6.45, 7) is 1.88. The molecule has 0 bridgehead atoms. The molecule has 5 heteroatoms. The first kappa shape index (κ1) is 12.8. The molecular weight excluding hydrogens is 316 g/mol. The molecule has 3 rings (SSSR count). The minimum Gasteiger partial charge on any atom is -0.301 e. The van der Waals surface area contributed by atoms with E-state index in [-0.39, 0.29) is 5.92 Å². The van der Waals surface area contributed by atoms with Crippen molar-refractivity contribution >= 4 is 21.6 Å². The Kier molecular flexibility index (Phi) is 3.25. The van der Waals surface area contributed by atoms with Crippen molar-refractivity contribution in [2.45, 2.75) is 12.8 Å². The zero-order chi connectivity index (χ0) is 14.1. The van der Waals surface area contributed by atoms with Gasteiger partial charge >= 0.3 is 0 Å². The van der Waals surface area contributed by atoms with Crippen LogP contribution in [0.1, 0.15) is 18.5 Å². The Morgan fingerprint density at radius 2 is 2.00 bits per heavy atom. The van der Waals surface area contributed by atoms with Gasteiger partial charge in [-0.1, -0.05) is 0 Å². The van der Waals surface area contributed by atoms with Crippen LogP contribution in [0.15, 0.2) is 47.3 Å². The molecule has 0 spiro atoms. The highest BCUT2D eigenvalue weighted by Crippen LogP contribution is 2.30. The highest BCUT2D eigenvalue weighted by atomic mass is 79.9. The fourth-order valence-corrected chi connectivity index (χ4v) is 2.57. The van der Waals surface area contributed by atoms with Crippen LogP contribution in [0.25, 0.3) is 16.9 Å². The van der Waals surface area contributed by atoms with Crippen molar-refractivity contribution in [1.29, 1.82) is 5.26 Å². The molecule has 20 heavy (non-hydrogen) atoms. The van der Waals surface area contributed by atoms with Gasteiger partial charge in [0.1, 0.15) is 5.65 Å². The van der Waals surface area contributed by atoms with Gasteiger partial charge in [-0.3, -0.25) is 4.98 Å². The summed E-state index contributed by atoms with van der Waals surface area (Å²) in [5, 5.41) is 9.29. The Bertz CT molecular complexity index is 802. The van der Waals surface area contributed by atoms with Crippen molar-refractivity contribution in [2.75, 3.05) is 0 Å². The van der Waals surface area contributed by atoms with E-state index in [0.717, 1.165) is 27.1 Å². The molecule has 0 aliphatic carbocycles. The quantitative estimate of drug-likeness (QED) is 0.720. The minimum atomic E-state index is -0.248. The van der Waals surface area contributed by atoms with E-state index < -0.39 is 0 Å². The van der Waals surface area contributed by atoms with Crippen LogP contribution in [0.5, 0.6) is 0 Å². The van der Waals surface area contributed by atoms with E-state index in [1.807, 2.05) is 41.8 Å². The van der Waals surface area contributed by atoms with Gasteiger partial charge in [0.05, 0.1) is 23.4 Å². The average Bonchev–Trinajstić information content (AvgIpc) is 2.86. The summed E-state index contributed by atoms with van der Waals surface area (Å²) in [4.78, 5) is 8.68. The van der Waals surface area contributed by atoms with E-state index in [1.165, 1.54) is 0 Å². The lowest BCUT2D eigenvalue weighted by Gasteiger charge is -2.06. The second-order valence-electron chi connectivity index (χ2n) is 4.51. The van der Waals surface area contributed by atoms with Crippen LogP contribution in [-0.2, 0) is 0 Å². The number of hydrogen-bond donors (Lipinski definition) is 0. The summed E-state index contributed by atoms with van der Waals surface area (Å²) in [6, 6.07) is 9.99.